The predicted octanol–water partition coefficient (Wildman–Crippen LogP) is 3.52. The first-order valence-electron chi connectivity index (χ1n) is 7.93. The Kier molecular flexibility index (Phi) is 6.65. The third-order valence-corrected chi connectivity index (χ3v) is 4.51. The van der Waals surface area contributed by atoms with E-state index in [0.29, 0.717) is 11.5 Å². The molecule has 0 saturated carbocycles. The smallest absolute Gasteiger partial charge is 0.0192 e. The van der Waals surface area contributed by atoms with E-state index < -0.39 is 0 Å². The Morgan fingerprint density at radius 1 is 1.17 bits per heavy atom. The summed E-state index contributed by atoms with van der Waals surface area (Å²) in [6.07, 6.45) is 5.42. The van der Waals surface area contributed by atoms with Gasteiger partial charge in [-0.1, -0.05) is 34.6 Å². The average Bonchev–Trinajstić information content (AvgIpc) is 2.53. The SMILES string of the molecule is CCNC(CC)CN1CCCC(C(C)(C)C)CC1. The molecule has 1 rings (SSSR count). The van der Waals surface area contributed by atoms with Gasteiger partial charge >= 0.3 is 0 Å². The number of rotatable bonds is 5. The summed E-state index contributed by atoms with van der Waals surface area (Å²) in [6, 6.07) is 0.682. The van der Waals surface area contributed by atoms with Gasteiger partial charge in [0.15, 0.2) is 0 Å². The summed E-state index contributed by atoms with van der Waals surface area (Å²) in [6.45, 7) is 16.6. The fourth-order valence-corrected chi connectivity index (χ4v) is 3.14. The molecule has 1 saturated heterocycles. The maximum atomic E-state index is 3.60. The standard InChI is InChI=1S/C16H34N2/c1-6-15(17-7-2)13-18-11-8-9-14(10-12-18)16(3,4)5/h14-15,17H,6-13H2,1-5H3. The molecule has 2 nitrogen and oxygen atoms in total. The van der Waals surface area contributed by atoms with Crippen molar-refractivity contribution < 1.29 is 0 Å². The van der Waals surface area contributed by atoms with E-state index in [2.05, 4.69) is 44.8 Å². The van der Waals surface area contributed by atoms with Gasteiger partial charge in [0.1, 0.15) is 0 Å². The molecule has 1 fully saturated rings. The number of hydrogen-bond acceptors (Lipinski definition) is 2. The van der Waals surface area contributed by atoms with Gasteiger partial charge in [0.25, 0.3) is 0 Å². The highest BCUT2D eigenvalue weighted by Gasteiger charge is 2.27. The van der Waals surface area contributed by atoms with Crippen LogP contribution in [-0.2, 0) is 0 Å². The highest BCUT2D eigenvalue weighted by Crippen LogP contribution is 2.34. The zero-order valence-corrected chi connectivity index (χ0v) is 13.3. The molecule has 0 radical (unpaired) electrons. The van der Waals surface area contributed by atoms with Gasteiger partial charge in [-0.2, -0.15) is 0 Å². The fraction of sp³-hybridized carbons (Fsp3) is 1.00. The lowest BCUT2D eigenvalue weighted by Crippen LogP contribution is -2.41. The van der Waals surface area contributed by atoms with Crippen molar-refractivity contribution >= 4 is 0 Å². The maximum absolute atomic E-state index is 3.60. The van der Waals surface area contributed by atoms with Gasteiger partial charge in [0.2, 0.25) is 0 Å². The molecule has 0 aromatic heterocycles. The van der Waals surface area contributed by atoms with Gasteiger partial charge in [-0.15, -0.1) is 0 Å². The molecule has 1 N–H and O–H groups in total. The first kappa shape index (κ1) is 16.0. The first-order chi connectivity index (χ1) is 8.47. The van der Waals surface area contributed by atoms with E-state index in [1.165, 1.54) is 45.3 Å². The molecule has 1 aliphatic rings. The molecular formula is C16H34N2. The molecule has 2 atom stereocenters. The van der Waals surface area contributed by atoms with Gasteiger partial charge in [0.05, 0.1) is 0 Å². The maximum Gasteiger partial charge on any atom is 0.0192 e. The first-order valence-corrected chi connectivity index (χ1v) is 7.93. The molecular weight excluding hydrogens is 220 g/mol. The Morgan fingerprint density at radius 3 is 2.44 bits per heavy atom. The number of hydrogen-bond donors (Lipinski definition) is 1. The Morgan fingerprint density at radius 2 is 1.89 bits per heavy atom. The van der Waals surface area contributed by atoms with Crippen molar-refractivity contribution in [2.24, 2.45) is 11.3 Å². The van der Waals surface area contributed by atoms with Crippen LogP contribution in [0.15, 0.2) is 0 Å². The van der Waals surface area contributed by atoms with E-state index in [9.17, 15) is 0 Å². The van der Waals surface area contributed by atoms with E-state index in [1.54, 1.807) is 0 Å². The van der Waals surface area contributed by atoms with Crippen LogP contribution in [0.4, 0.5) is 0 Å². The minimum atomic E-state index is 0.488. The number of nitrogens with zero attached hydrogens (tertiary/aromatic N) is 1. The van der Waals surface area contributed by atoms with Gasteiger partial charge in [0, 0.05) is 12.6 Å². The topological polar surface area (TPSA) is 15.3 Å². The highest BCUT2D eigenvalue weighted by atomic mass is 15.1. The second-order valence-corrected chi connectivity index (χ2v) is 6.96. The average molecular weight is 254 g/mol. The minimum absolute atomic E-state index is 0.488. The predicted molar refractivity (Wildman–Crippen MR) is 81.0 cm³/mol. The van der Waals surface area contributed by atoms with Crippen LogP contribution in [0.5, 0.6) is 0 Å². The summed E-state index contributed by atoms with van der Waals surface area (Å²) in [5.74, 6) is 0.904. The Bertz CT molecular complexity index is 220. The lowest BCUT2D eigenvalue weighted by molar-refractivity contribution is 0.202. The van der Waals surface area contributed by atoms with E-state index >= 15 is 0 Å². The van der Waals surface area contributed by atoms with Crippen molar-refractivity contribution in [2.75, 3.05) is 26.2 Å². The second kappa shape index (κ2) is 7.49. The molecule has 0 amide bonds. The van der Waals surface area contributed by atoms with Crippen LogP contribution >= 0.6 is 0 Å². The summed E-state index contributed by atoms with van der Waals surface area (Å²) in [7, 11) is 0. The Labute approximate surface area is 115 Å². The summed E-state index contributed by atoms with van der Waals surface area (Å²) >= 11 is 0. The molecule has 1 aliphatic heterocycles. The molecule has 1 heterocycles. The molecule has 0 bridgehead atoms. The normalized spacial score (nSPS) is 24.8. The lowest BCUT2D eigenvalue weighted by atomic mass is 9.77. The molecule has 108 valence electrons. The third-order valence-electron chi connectivity index (χ3n) is 4.51. The van der Waals surface area contributed by atoms with Crippen LogP contribution in [0, 0.1) is 11.3 Å². The van der Waals surface area contributed by atoms with Crippen LogP contribution in [0.1, 0.15) is 60.3 Å². The number of likely N-dealkylation sites (tertiary alicyclic amines) is 1. The molecule has 0 aliphatic carbocycles. The quantitative estimate of drug-likeness (QED) is 0.807. The Hall–Kier alpha value is -0.0800. The van der Waals surface area contributed by atoms with Crippen molar-refractivity contribution in [3.05, 3.63) is 0 Å². The molecule has 0 aromatic carbocycles. The fourth-order valence-electron chi connectivity index (χ4n) is 3.14. The monoisotopic (exact) mass is 254 g/mol. The van der Waals surface area contributed by atoms with E-state index in [4.69, 9.17) is 0 Å². The van der Waals surface area contributed by atoms with Crippen molar-refractivity contribution in [2.45, 2.75) is 66.3 Å². The van der Waals surface area contributed by atoms with Crippen LogP contribution in [0.25, 0.3) is 0 Å². The summed E-state index contributed by atoms with van der Waals surface area (Å²) in [4.78, 5) is 2.68. The number of nitrogens with one attached hydrogen (secondary N) is 1. The highest BCUT2D eigenvalue weighted by molar-refractivity contribution is 4.80. The van der Waals surface area contributed by atoms with Gasteiger partial charge in [-0.25, -0.2) is 0 Å². The molecule has 2 unspecified atom stereocenters. The zero-order chi connectivity index (χ0) is 13.6. The van der Waals surface area contributed by atoms with Crippen molar-refractivity contribution in [1.82, 2.24) is 10.2 Å². The van der Waals surface area contributed by atoms with Crippen LogP contribution in [0.3, 0.4) is 0 Å². The van der Waals surface area contributed by atoms with E-state index in [-0.39, 0.29) is 0 Å². The Balaban J connectivity index is 2.41. The van der Waals surface area contributed by atoms with Crippen molar-refractivity contribution in [1.29, 1.82) is 0 Å². The minimum Gasteiger partial charge on any atom is -0.313 e. The summed E-state index contributed by atoms with van der Waals surface area (Å²) in [5, 5.41) is 3.60. The number of likely N-dealkylation sites (N-methyl/N-ethyl adjacent to an activating group) is 1. The lowest BCUT2D eigenvalue weighted by Gasteiger charge is -2.30. The van der Waals surface area contributed by atoms with Crippen LogP contribution < -0.4 is 5.32 Å². The molecule has 2 heteroatoms. The van der Waals surface area contributed by atoms with Gasteiger partial charge in [-0.3, -0.25) is 0 Å². The van der Waals surface area contributed by atoms with Crippen LogP contribution in [0.2, 0.25) is 0 Å². The van der Waals surface area contributed by atoms with Gasteiger partial charge < -0.3 is 10.2 Å². The largest absolute Gasteiger partial charge is 0.313 e. The molecule has 0 spiro atoms. The van der Waals surface area contributed by atoms with E-state index in [0.717, 1.165) is 12.5 Å². The summed E-state index contributed by atoms with van der Waals surface area (Å²) < 4.78 is 0. The van der Waals surface area contributed by atoms with E-state index in [1.807, 2.05) is 0 Å². The zero-order valence-electron chi connectivity index (χ0n) is 13.3. The summed E-state index contributed by atoms with van der Waals surface area (Å²) in [5.41, 5.74) is 0.488. The van der Waals surface area contributed by atoms with Crippen molar-refractivity contribution in [3.8, 4) is 0 Å². The van der Waals surface area contributed by atoms with Crippen LogP contribution in [-0.4, -0.2) is 37.1 Å². The van der Waals surface area contributed by atoms with Crippen molar-refractivity contribution in [3.63, 3.8) is 0 Å². The second-order valence-electron chi connectivity index (χ2n) is 6.96. The molecule has 18 heavy (non-hydrogen) atoms. The van der Waals surface area contributed by atoms with Gasteiger partial charge in [-0.05, 0) is 56.7 Å². The third kappa shape index (κ3) is 5.27. The molecule has 0 aromatic rings.